The molecule has 5 rings (SSSR count). The molecule has 0 bridgehead atoms. The summed E-state index contributed by atoms with van der Waals surface area (Å²) in [7, 11) is 4.30. The maximum Gasteiger partial charge on any atom is 0.427 e. The van der Waals surface area contributed by atoms with Crippen molar-refractivity contribution in [2.24, 2.45) is 0 Å². The van der Waals surface area contributed by atoms with Crippen LogP contribution in [0.25, 0.3) is 0 Å². The smallest absolute Gasteiger partial charge is 0.427 e. The molecule has 1 unspecified atom stereocenters. The van der Waals surface area contributed by atoms with E-state index < -0.39 is 6.09 Å². The highest BCUT2D eigenvalue weighted by atomic mass is 16.6. The Morgan fingerprint density at radius 3 is 2.81 bits per heavy atom. The van der Waals surface area contributed by atoms with E-state index in [1.807, 2.05) is 30.1 Å². The zero-order chi connectivity index (χ0) is 21.9. The summed E-state index contributed by atoms with van der Waals surface area (Å²) in [6.07, 6.45) is 1.72. The van der Waals surface area contributed by atoms with Crippen molar-refractivity contribution in [2.45, 2.75) is 44.3 Å². The first-order valence-electron chi connectivity index (χ1n) is 10.9. The van der Waals surface area contributed by atoms with Crippen molar-refractivity contribution in [2.75, 3.05) is 32.1 Å². The van der Waals surface area contributed by atoms with Crippen LogP contribution in [0.5, 0.6) is 11.5 Å². The number of phenolic OH excluding ortho intramolecular Hbond substituents is 1. The van der Waals surface area contributed by atoms with Crippen LogP contribution >= 0.6 is 0 Å². The van der Waals surface area contributed by atoms with Gasteiger partial charge in [0.2, 0.25) is 0 Å². The summed E-state index contributed by atoms with van der Waals surface area (Å²) in [5.41, 5.74) is 7.58. The molecule has 1 fully saturated rings. The lowest BCUT2D eigenvalue weighted by Crippen LogP contribution is -2.48. The molecule has 0 radical (unpaired) electrons. The van der Waals surface area contributed by atoms with Crippen molar-refractivity contribution in [1.82, 2.24) is 15.3 Å². The number of hydrazine groups is 1. The van der Waals surface area contributed by atoms with E-state index in [0.29, 0.717) is 18.5 Å². The molecule has 7 nitrogen and oxygen atoms in total. The Morgan fingerprint density at radius 2 is 2.00 bits per heavy atom. The Morgan fingerprint density at radius 1 is 1.19 bits per heavy atom. The molecule has 31 heavy (non-hydrogen) atoms. The van der Waals surface area contributed by atoms with E-state index >= 15 is 0 Å². The van der Waals surface area contributed by atoms with Crippen LogP contribution in [0.15, 0.2) is 36.4 Å². The lowest BCUT2D eigenvalue weighted by Gasteiger charge is -2.34. The number of anilines is 1. The van der Waals surface area contributed by atoms with Crippen molar-refractivity contribution in [1.29, 1.82) is 0 Å². The predicted octanol–water partition coefficient (Wildman–Crippen LogP) is 3.38. The zero-order valence-corrected chi connectivity index (χ0v) is 18.6. The average Bonchev–Trinajstić information content (AvgIpc) is 3.16. The molecular formula is C24H30N4O3. The normalized spacial score (nSPS) is 27.5. The molecule has 3 atom stereocenters. The Labute approximate surface area is 183 Å². The van der Waals surface area contributed by atoms with Crippen molar-refractivity contribution in [3.05, 3.63) is 53.1 Å². The molecule has 0 saturated carbocycles. The number of likely N-dealkylation sites (N-methyl/N-ethyl adjacent to an activating group) is 2. The summed E-state index contributed by atoms with van der Waals surface area (Å²) in [5.74, 6) is 0.797. The van der Waals surface area contributed by atoms with E-state index in [0.717, 1.165) is 24.9 Å². The third-order valence-electron chi connectivity index (χ3n) is 7.42. The molecule has 2 aromatic carbocycles. The standard InChI is InChI=1S/C24H30N4O3/c1-15-19-13-17(29)6-5-16(19)9-11-28(15)25-23(30)31-18-7-8-21-20(14-18)24(2)10-12-26(3)22(24)27(21)4/h5-8,13-15,22,29H,9-12H2,1-4H3,(H,25,30)/t15?,22-,24+/m1/s1. The summed E-state index contributed by atoms with van der Waals surface area (Å²) in [6, 6.07) is 11.3. The molecule has 3 aliphatic rings. The molecule has 3 aliphatic heterocycles. The van der Waals surface area contributed by atoms with Gasteiger partial charge in [-0.25, -0.2) is 9.80 Å². The van der Waals surface area contributed by atoms with Crippen LogP contribution in [0, 0.1) is 0 Å². The minimum absolute atomic E-state index is 0.0295. The highest BCUT2D eigenvalue weighted by Gasteiger charge is 2.52. The molecule has 7 heteroatoms. The maximum atomic E-state index is 12.7. The molecule has 0 spiro atoms. The van der Waals surface area contributed by atoms with Gasteiger partial charge in [0.25, 0.3) is 0 Å². The van der Waals surface area contributed by atoms with E-state index in [1.165, 1.54) is 16.8 Å². The van der Waals surface area contributed by atoms with Gasteiger partial charge in [0.1, 0.15) is 11.5 Å². The Kier molecular flexibility index (Phi) is 4.64. The second-order valence-electron chi connectivity index (χ2n) is 9.32. The second kappa shape index (κ2) is 7.14. The second-order valence-corrected chi connectivity index (χ2v) is 9.32. The number of amides is 1. The number of carbonyl (C=O) groups excluding carboxylic acids is 1. The van der Waals surface area contributed by atoms with Crippen LogP contribution in [0.2, 0.25) is 0 Å². The first-order valence-corrected chi connectivity index (χ1v) is 10.9. The van der Waals surface area contributed by atoms with Crippen LogP contribution in [-0.4, -0.2) is 54.5 Å². The number of rotatable bonds is 2. The van der Waals surface area contributed by atoms with Gasteiger partial charge in [0.15, 0.2) is 0 Å². The molecule has 2 aromatic rings. The SMILES string of the molecule is CC1c2cc(O)ccc2CCN1NC(=O)Oc1ccc2c(c1)[C@]1(C)CCN(C)[C@@H]1N2C. The van der Waals surface area contributed by atoms with Crippen molar-refractivity contribution in [3.63, 3.8) is 0 Å². The number of nitrogens with one attached hydrogen (secondary N) is 1. The van der Waals surface area contributed by atoms with E-state index in [1.54, 1.807) is 12.1 Å². The number of likely N-dealkylation sites (tertiary alicyclic amines) is 1. The van der Waals surface area contributed by atoms with Crippen LogP contribution in [0.4, 0.5) is 10.5 Å². The average molecular weight is 423 g/mol. The van der Waals surface area contributed by atoms with Crippen molar-refractivity contribution in [3.8, 4) is 11.5 Å². The van der Waals surface area contributed by atoms with Gasteiger partial charge >= 0.3 is 6.09 Å². The molecule has 1 amide bonds. The third kappa shape index (κ3) is 3.15. The van der Waals surface area contributed by atoms with Crippen molar-refractivity contribution < 1.29 is 14.6 Å². The topological polar surface area (TPSA) is 68.3 Å². The van der Waals surface area contributed by atoms with Crippen LogP contribution < -0.4 is 15.1 Å². The quantitative estimate of drug-likeness (QED) is 0.773. The maximum absolute atomic E-state index is 12.7. The van der Waals surface area contributed by atoms with E-state index in [-0.39, 0.29) is 17.2 Å². The molecule has 2 N–H and O–H groups in total. The Hall–Kier alpha value is -2.77. The number of fused-ring (bicyclic) bond motifs is 4. The fourth-order valence-corrected chi connectivity index (χ4v) is 5.82. The summed E-state index contributed by atoms with van der Waals surface area (Å²) in [6.45, 7) is 6.06. The van der Waals surface area contributed by atoms with Crippen LogP contribution in [-0.2, 0) is 11.8 Å². The third-order valence-corrected chi connectivity index (χ3v) is 7.42. The Bertz CT molecular complexity index is 1040. The van der Waals surface area contributed by atoms with Gasteiger partial charge in [-0.15, -0.1) is 0 Å². The van der Waals surface area contributed by atoms with Gasteiger partial charge in [-0.2, -0.15) is 0 Å². The van der Waals surface area contributed by atoms with Crippen LogP contribution in [0.1, 0.15) is 43.0 Å². The number of nitrogens with zero attached hydrogens (tertiary/aromatic N) is 3. The summed E-state index contributed by atoms with van der Waals surface area (Å²) < 4.78 is 5.68. The molecule has 1 saturated heterocycles. The van der Waals surface area contributed by atoms with Gasteiger partial charge in [0.05, 0.1) is 12.2 Å². The highest BCUT2D eigenvalue weighted by Crippen LogP contribution is 2.51. The first kappa shape index (κ1) is 20.2. The number of hydrogen-bond acceptors (Lipinski definition) is 6. The van der Waals surface area contributed by atoms with E-state index in [4.69, 9.17) is 4.74 Å². The fourth-order valence-electron chi connectivity index (χ4n) is 5.82. The lowest BCUT2D eigenvalue weighted by atomic mass is 9.81. The number of benzene rings is 2. The summed E-state index contributed by atoms with van der Waals surface area (Å²) in [5, 5.41) is 11.7. The number of hydrogen-bond donors (Lipinski definition) is 2. The van der Waals surface area contributed by atoms with Gasteiger partial charge in [0, 0.05) is 31.2 Å². The number of phenols is 1. The minimum atomic E-state index is -0.494. The number of carbonyl (C=O) groups is 1. The number of ether oxygens (including phenoxy) is 1. The minimum Gasteiger partial charge on any atom is -0.508 e. The zero-order valence-electron chi connectivity index (χ0n) is 18.6. The lowest BCUT2D eigenvalue weighted by molar-refractivity contribution is 0.109. The molecule has 3 heterocycles. The van der Waals surface area contributed by atoms with Crippen LogP contribution in [0.3, 0.4) is 0 Å². The fraction of sp³-hybridized carbons (Fsp3) is 0.458. The van der Waals surface area contributed by atoms with Crippen molar-refractivity contribution >= 4 is 11.8 Å². The largest absolute Gasteiger partial charge is 0.508 e. The van der Waals surface area contributed by atoms with E-state index in [2.05, 4.69) is 42.3 Å². The molecule has 164 valence electrons. The summed E-state index contributed by atoms with van der Waals surface area (Å²) >= 11 is 0. The van der Waals surface area contributed by atoms with Gasteiger partial charge in [-0.05, 0) is 73.8 Å². The monoisotopic (exact) mass is 422 g/mol. The summed E-state index contributed by atoms with van der Waals surface area (Å²) in [4.78, 5) is 17.4. The molecule has 0 aliphatic carbocycles. The van der Waals surface area contributed by atoms with Gasteiger partial charge in [-0.3, -0.25) is 10.3 Å². The predicted molar refractivity (Wildman–Crippen MR) is 119 cm³/mol. The molecule has 0 aromatic heterocycles. The first-order chi connectivity index (χ1) is 14.8. The van der Waals surface area contributed by atoms with Gasteiger partial charge in [-0.1, -0.05) is 13.0 Å². The Balaban J connectivity index is 1.31. The number of aromatic hydroxyl groups is 1. The van der Waals surface area contributed by atoms with E-state index in [9.17, 15) is 9.90 Å². The van der Waals surface area contributed by atoms with Gasteiger partial charge < -0.3 is 14.7 Å². The molecular weight excluding hydrogens is 392 g/mol. The highest BCUT2D eigenvalue weighted by molar-refractivity contribution is 5.72.